The zero-order valence-electron chi connectivity index (χ0n) is 15.6. The summed E-state index contributed by atoms with van der Waals surface area (Å²) < 4.78 is 13.4. The van der Waals surface area contributed by atoms with Crippen molar-refractivity contribution in [3.05, 3.63) is 59.9 Å². The molecule has 1 fully saturated rings. The molecule has 1 N–H and O–H groups in total. The fraction of sp³-hybridized carbons (Fsp3) is 0.333. The third kappa shape index (κ3) is 4.64. The Morgan fingerprint density at radius 1 is 1.15 bits per heavy atom. The van der Waals surface area contributed by atoms with Crippen LogP contribution < -0.4 is 10.2 Å². The SMILES string of the molecule is CC(C)C(=O)Nc1cccc(N2CCCN(Cc3cccc(F)c3)C2=O)c1. The van der Waals surface area contributed by atoms with Gasteiger partial charge in [-0.1, -0.05) is 32.0 Å². The fourth-order valence-corrected chi connectivity index (χ4v) is 3.06. The van der Waals surface area contributed by atoms with E-state index in [1.54, 1.807) is 15.9 Å². The van der Waals surface area contributed by atoms with Crippen LogP contribution in [0.25, 0.3) is 0 Å². The molecule has 5 nitrogen and oxygen atoms in total. The van der Waals surface area contributed by atoms with E-state index < -0.39 is 0 Å². The normalized spacial score (nSPS) is 14.6. The second kappa shape index (κ2) is 8.20. The largest absolute Gasteiger partial charge is 0.326 e. The van der Waals surface area contributed by atoms with Gasteiger partial charge in [0.2, 0.25) is 5.91 Å². The van der Waals surface area contributed by atoms with Gasteiger partial charge in [-0.3, -0.25) is 9.69 Å². The predicted molar refractivity (Wildman–Crippen MR) is 104 cm³/mol. The summed E-state index contributed by atoms with van der Waals surface area (Å²) in [6.45, 7) is 5.28. The molecule has 0 aromatic heterocycles. The Kier molecular flexibility index (Phi) is 5.74. The summed E-state index contributed by atoms with van der Waals surface area (Å²) in [6, 6.07) is 13.5. The summed E-state index contributed by atoms with van der Waals surface area (Å²) in [5.41, 5.74) is 2.18. The summed E-state index contributed by atoms with van der Waals surface area (Å²) in [5, 5.41) is 2.86. The first kappa shape index (κ1) is 18.9. The summed E-state index contributed by atoms with van der Waals surface area (Å²) in [5.74, 6) is -0.487. The van der Waals surface area contributed by atoms with E-state index in [0.29, 0.717) is 25.3 Å². The lowest BCUT2D eigenvalue weighted by Gasteiger charge is -2.36. The zero-order valence-corrected chi connectivity index (χ0v) is 15.6. The van der Waals surface area contributed by atoms with Crippen molar-refractivity contribution in [3.63, 3.8) is 0 Å². The Morgan fingerprint density at radius 3 is 2.67 bits per heavy atom. The van der Waals surface area contributed by atoms with Gasteiger partial charge in [-0.2, -0.15) is 0 Å². The number of hydrogen-bond donors (Lipinski definition) is 1. The monoisotopic (exact) mass is 369 g/mol. The maximum Gasteiger partial charge on any atom is 0.324 e. The summed E-state index contributed by atoms with van der Waals surface area (Å²) >= 11 is 0. The van der Waals surface area contributed by atoms with Gasteiger partial charge in [0.05, 0.1) is 0 Å². The number of halogens is 1. The van der Waals surface area contributed by atoms with Crippen molar-refractivity contribution in [1.82, 2.24) is 4.90 Å². The molecule has 0 atom stereocenters. The maximum absolute atomic E-state index is 13.4. The van der Waals surface area contributed by atoms with Crippen LogP contribution in [0.1, 0.15) is 25.8 Å². The van der Waals surface area contributed by atoms with Crippen LogP contribution in [0.4, 0.5) is 20.6 Å². The van der Waals surface area contributed by atoms with Crippen molar-refractivity contribution in [2.24, 2.45) is 5.92 Å². The van der Waals surface area contributed by atoms with Gasteiger partial charge in [0.1, 0.15) is 5.82 Å². The summed E-state index contributed by atoms with van der Waals surface area (Å²) in [6.07, 6.45) is 0.823. The Balaban J connectivity index is 1.74. The van der Waals surface area contributed by atoms with Crippen molar-refractivity contribution in [2.45, 2.75) is 26.8 Å². The van der Waals surface area contributed by atoms with Crippen LogP contribution in [0.15, 0.2) is 48.5 Å². The Bertz CT molecular complexity index is 838. The van der Waals surface area contributed by atoms with E-state index in [0.717, 1.165) is 17.7 Å². The van der Waals surface area contributed by atoms with Crippen LogP contribution >= 0.6 is 0 Å². The predicted octanol–water partition coefficient (Wildman–Crippen LogP) is 4.25. The van der Waals surface area contributed by atoms with Gasteiger partial charge in [-0.05, 0) is 42.3 Å². The molecular weight excluding hydrogens is 345 g/mol. The van der Waals surface area contributed by atoms with Crippen LogP contribution in [-0.2, 0) is 11.3 Å². The van der Waals surface area contributed by atoms with Crippen LogP contribution in [0, 0.1) is 11.7 Å². The summed E-state index contributed by atoms with van der Waals surface area (Å²) in [7, 11) is 0. The van der Waals surface area contributed by atoms with Crippen LogP contribution in [-0.4, -0.2) is 29.9 Å². The molecule has 3 amide bonds. The van der Waals surface area contributed by atoms with E-state index in [9.17, 15) is 14.0 Å². The summed E-state index contributed by atoms with van der Waals surface area (Å²) in [4.78, 5) is 28.3. The molecule has 142 valence electrons. The van der Waals surface area contributed by atoms with Crippen molar-refractivity contribution in [2.75, 3.05) is 23.3 Å². The molecule has 3 rings (SSSR count). The smallest absolute Gasteiger partial charge is 0.324 e. The van der Waals surface area contributed by atoms with Crippen molar-refractivity contribution >= 4 is 23.3 Å². The van der Waals surface area contributed by atoms with Crippen molar-refractivity contribution < 1.29 is 14.0 Å². The quantitative estimate of drug-likeness (QED) is 0.856. The third-order valence-electron chi connectivity index (χ3n) is 4.52. The molecule has 6 heteroatoms. The number of nitrogens with zero attached hydrogens (tertiary/aromatic N) is 2. The van der Waals surface area contributed by atoms with Gasteiger partial charge >= 0.3 is 6.03 Å². The van der Waals surface area contributed by atoms with E-state index in [4.69, 9.17) is 0 Å². The fourth-order valence-electron chi connectivity index (χ4n) is 3.06. The number of amides is 3. The molecular formula is C21H24FN3O2. The number of benzene rings is 2. The topological polar surface area (TPSA) is 52.7 Å². The molecule has 1 aliphatic heterocycles. The minimum atomic E-state index is -0.303. The number of rotatable bonds is 5. The van der Waals surface area contributed by atoms with Crippen LogP contribution in [0.3, 0.4) is 0 Å². The molecule has 0 aliphatic carbocycles. The Labute approximate surface area is 158 Å². The highest BCUT2D eigenvalue weighted by Gasteiger charge is 2.27. The first-order chi connectivity index (χ1) is 12.9. The van der Waals surface area contributed by atoms with E-state index in [1.807, 2.05) is 44.2 Å². The highest BCUT2D eigenvalue weighted by Crippen LogP contribution is 2.24. The van der Waals surface area contributed by atoms with Crippen molar-refractivity contribution in [3.8, 4) is 0 Å². The maximum atomic E-state index is 13.4. The average molecular weight is 369 g/mol. The molecule has 1 aliphatic rings. The molecule has 0 spiro atoms. The minimum Gasteiger partial charge on any atom is -0.326 e. The average Bonchev–Trinajstić information content (AvgIpc) is 2.63. The molecule has 1 heterocycles. The number of urea groups is 1. The molecule has 2 aromatic carbocycles. The van der Waals surface area contributed by atoms with E-state index in [2.05, 4.69) is 5.32 Å². The minimum absolute atomic E-state index is 0.0650. The number of carbonyl (C=O) groups is 2. The lowest BCUT2D eigenvalue weighted by atomic mass is 10.1. The molecule has 0 saturated carbocycles. The Hall–Kier alpha value is -2.89. The van der Waals surface area contributed by atoms with Gasteiger partial charge in [-0.15, -0.1) is 0 Å². The number of hydrogen-bond acceptors (Lipinski definition) is 2. The first-order valence-corrected chi connectivity index (χ1v) is 9.16. The van der Waals surface area contributed by atoms with Crippen LogP contribution in [0.2, 0.25) is 0 Å². The van der Waals surface area contributed by atoms with E-state index in [-0.39, 0.29) is 23.7 Å². The molecule has 0 unspecified atom stereocenters. The van der Waals surface area contributed by atoms with Crippen LogP contribution in [0.5, 0.6) is 0 Å². The number of anilines is 2. The second-order valence-electron chi connectivity index (χ2n) is 7.03. The number of carbonyl (C=O) groups excluding carboxylic acids is 2. The van der Waals surface area contributed by atoms with E-state index >= 15 is 0 Å². The second-order valence-corrected chi connectivity index (χ2v) is 7.03. The molecule has 0 radical (unpaired) electrons. The first-order valence-electron chi connectivity index (χ1n) is 9.16. The van der Waals surface area contributed by atoms with Gasteiger partial charge in [0, 0.05) is 36.9 Å². The van der Waals surface area contributed by atoms with Gasteiger partial charge < -0.3 is 10.2 Å². The molecule has 2 aromatic rings. The molecule has 27 heavy (non-hydrogen) atoms. The highest BCUT2D eigenvalue weighted by molar-refractivity contribution is 5.95. The van der Waals surface area contributed by atoms with E-state index in [1.165, 1.54) is 12.1 Å². The Morgan fingerprint density at radius 2 is 1.93 bits per heavy atom. The van der Waals surface area contributed by atoms with Gasteiger partial charge in [0.25, 0.3) is 0 Å². The lowest BCUT2D eigenvalue weighted by Crippen LogP contribution is -2.49. The highest BCUT2D eigenvalue weighted by atomic mass is 19.1. The molecule has 1 saturated heterocycles. The third-order valence-corrected chi connectivity index (χ3v) is 4.52. The standard InChI is InChI=1S/C21H24FN3O2/c1-15(2)20(26)23-18-8-4-9-19(13-18)25-11-5-10-24(21(25)27)14-16-6-3-7-17(22)12-16/h3-4,6-9,12-13,15H,5,10-11,14H2,1-2H3,(H,23,26). The number of nitrogens with one attached hydrogen (secondary N) is 1. The van der Waals surface area contributed by atoms with Gasteiger partial charge in [-0.25, -0.2) is 9.18 Å². The van der Waals surface area contributed by atoms with Gasteiger partial charge in [0.15, 0.2) is 0 Å². The molecule has 0 bridgehead atoms. The zero-order chi connectivity index (χ0) is 19.4. The van der Waals surface area contributed by atoms with Crippen molar-refractivity contribution in [1.29, 1.82) is 0 Å². The lowest BCUT2D eigenvalue weighted by molar-refractivity contribution is -0.118.